The summed E-state index contributed by atoms with van der Waals surface area (Å²) in [4.78, 5) is 10.4. The second-order valence-electron chi connectivity index (χ2n) is 3.68. The number of rotatable bonds is 7. The maximum absolute atomic E-state index is 10.4. The summed E-state index contributed by atoms with van der Waals surface area (Å²) in [6, 6.07) is 8.35. The van der Waals surface area contributed by atoms with Crippen LogP contribution >= 0.6 is 0 Å². The van der Waals surface area contributed by atoms with Gasteiger partial charge in [0.15, 0.2) is 0 Å². The van der Waals surface area contributed by atoms with Crippen LogP contribution in [0.1, 0.15) is 11.1 Å². The van der Waals surface area contributed by atoms with Gasteiger partial charge in [-0.05, 0) is 12.5 Å². The predicted molar refractivity (Wildman–Crippen MR) is 62.9 cm³/mol. The highest BCUT2D eigenvalue weighted by Gasteiger charge is 1.94. The van der Waals surface area contributed by atoms with Crippen molar-refractivity contribution in [3.05, 3.63) is 35.4 Å². The van der Waals surface area contributed by atoms with Crippen LogP contribution in [-0.2, 0) is 16.1 Å². The number of carbonyl (C=O) groups excluding carboxylic acids is 1. The van der Waals surface area contributed by atoms with Crippen molar-refractivity contribution in [3.8, 4) is 0 Å². The van der Waals surface area contributed by atoms with Crippen LogP contribution in [0.5, 0.6) is 0 Å². The molecule has 3 N–H and O–H groups in total. The van der Waals surface area contributed by atoms with E-state index in [1.165, 1.54) is 11.1 Å². The second-order valence-corrected chi connectivity index (χ2v) is 3.68. The van der Waals surface area contributed by atoms with Gasteiger partial charge in [0.05, 0.1) is 6.61 Å². The van der Waals surface area contributed by atoms with E-state index in [1.54, 1.807) is 0 Å². The smallest absolute Gasteiger partial charge is 0.243 e. The molecule has 0 aliphatic heterocycles. The summed E-state index contributed by atoms with van der Waals surface area (Å²) in [5, 5.41) is 3.22. The molecule has 0 atom stereocenters. The Morgan fingerprint density at radius 1 is 1.38 bits per heavy atom. The normalized spacial score (nSPS) is 10.3. The topological polar surface area (TPSA) is 64.3 Å². The highest BCUT2D eigenvalue weighted by atomic mass is 16.5. The Hall–Kier alpha value is -1.39. The van der Waals surface area contributed by atoms with Crippen molar-refractivity contribution >= 4 is 5.91 Å². The Morgan fingerprint density at radius 3 is 2.69 bits per heavy atom. The third kappa shape index (κ3) is 5.48. The van der Waals surface area contributed by atoms with Gasteiger partial charge < -0.3 is 15.8 Å². The lowest BCUT2D eigenvalue weighted by Gasteiger charge is -2.05. The lowest BCUT2D eigenvalue weighted by Crippen LogP contribution is -2.23. The van der Waals surface area contributed by atoms with Gasteiger partial charge in [-0.1, -0.05) is 29.8 Å². The average Bonchev–Trinajstić information content (AvgIpc) is 2.25. The molecule has 0 radical (unpaired) electrons. The van der Waals surface area contributed by atoms with Crippen molar-refractivity contribution in [1.82, 2.24) is 5.32 Å². The number of nitrogens with two attached hydrogens (primary N) is 1. The number of primary amides is 1. The van der Waals surface area contributed by atoms with E-state index in [0.29, 0.717) is 13.2 Å². The Balaban J connectivity index is 2.07. The summed E-state index contributed by atoms with van der Waals surface area (Å²) in [5.74, 6) is -0.432. The summed E-state index contributed by atoms with van der Waals surface area (Å²) in [5.41, 5.74) is 7.42. The second kappa shape index (κ2) is 6.98. The number of hydrogen-bond acceptors (Lipinski definition) is 3. The molecule has 0 heterocycles. The Labute approximate surface area is 95.8 Å². The SMILES string of the molecule is Cc1ccc(CNCCOCC(N)=O)cc1. The highest BCUT2D eigenvalue weighted by molar-refractivity contribution is 5.74. The molecule has 88 valence electrons. The van der Waals surface area contributed by atoms with E-state index >= 15 is 0 Å². The molecule has 1 amide bonds. The number of carbonyl (C=O) groups is 1. The van der Waals surface area contributed by atoms with Crippen LogP contribution in [0.3, 0.4) is 0 Å². The molecule has 16 heavy (non-hydrogen) atoms. The van der Waals surface area contributed by atoms with Gasteiger partial charge in [0.25, 0.3) is 0 Å². The zero-order valence-corrected chi connectivity index (χ0v) is 9.53. The minimum Gasteiger partial charge on any atom is -0.370 e. The highest BCUT2D eigenvalue weighted by Crippen LogP contribution is 2.01. The summed E-state index contributed by atoms with van der Waals surface area (Å²) in [6.07, 6.45) is 0. The first-order chi connectivity index (χ1) is 7.68. The summed E-state index contributed by atoms with van der Waals surface area (Å²) < 4.78 is 5.02. The molecule has 0 aromatic heterocycles. The third-order valence-electron chi connectivity index (χ3n) is 2.12. The van der Waals surface area contributed by atoms with Gasteiger partial charge in [0.1, 0.15) is 6.61 Å². The lowest BCUT2D eigenvalue weighted by molar-refractivity contribution is -0.122. The number of ether oxygens (including phenoxy) is 1. The fourth-order valence-corrected chi connectivity index (χ4v) is 1.26. The molecule has 4 heteroatoms. The Kier molecular flexibility index (Phi) is 5.53. The van der Waals surface area contributed by atoms with Gasteiger partial charge in [-0.2, -0.15) is 0 Å². The maximum Gasteiger partial charge on any atom is 0.243 e. The molecular formula is C12H18N2O2. The number of nitrogens with one attached hydrogen (secondary N) is 1. The van der Waals surface area contributed by atoms with Crippen LogP contribution in [0.2, 0.25) is 0 Å². The zero-order valence-electron chi connectivity index (χ0n) is 9.53. The molecule has 1 aromatic carbocycles. The third-order valence-corrected chi connectivity index (χ3v) is 2.12. The molecule has 0 saturated heterocycles. The van der Waals surface area contributed by atoms with Crippen molar-refractivity contribution < 1.29 is 9.53 Å². The van der Waals surface area contributed by atoms with Crippen LogP contribution in [0, 0.1) is 6.92 Å². The Morgan fingerprint density at radius 2 is 2.06 bits per heavy atom. The monoisotopic (exact) mass is 222 g/mol. The van der Waals surface area contributed by atoms with Crippen LogP contribution in [0.25, 0.3) is 0 Å². The minimum absolute atomic E-state index is 0.00773. The van der Waals surface area contributed by atoms with Gasteiger partial charge in [-0.3, -0.25) is 4.79 Å². The molecule has 1 aromatic rings. The molecular weight excluding hydrogens is 204 g/mol. The quantitative estimate of drug-likeness (QED) is 0.663. The minimum atomic E-state index is -0.432. The average molecular weight is 222 g/mol. The number of hydrogen-bond donors (Lipinski definition) is 2. The van der Waals surface area contributed by atoms with Crippen molar-refractivity contribution in [1.29, 1.82) is 0 Å². The van der Waals surface area contributed by atoms with Gasteiger partial charge in [-0.25, -0.2) is 0 Å². The molecule has 0 unspecified atom stereocenters. The van der Waals surface area contributed by atoms with Gasteiger partial charge >= 0.3 is 0 Å². The molecule has 4 nitrogen and oxygen atoms in total. The lowest BCUT2D eigenvalue weighted by atomic mass is 10.1. The van der Waals surface area contributed by atoms with E-state index in [-0.39, 0.29) is 6.61 Å². The molecule has 0 fully saturated rings. The number of benzene rings is 1. The van der Waals surface area contributed by atoms with E-state index < -0.39 is 5.91 Å². The number of amides is 1. The van der Waals surface area contributed by atoms with Crippen molar-refractivity contribution in [2.75, 3.05) is 19.8 Å². The van der Waals surface area contributed by atoms with E-state index in [9.17, 15) is 4.79 Å². The first-order valence-electron chi connectivity index (χ1n) is 5.31. The fourth-order valence-electron chi connectivity index (χ4n) is 1.26. The van der Waals surface area contributed by atoms with E-state index in [0.717, 1.165) is 6.54 Å². The van der Waals surface area contributed by atoms with Crippen molar-refractivity contribution in [3.63, 3.8) is 0 Å². The molecule has 1 rings (SSSR count). The van der Waals surface area contributed by atoms with Crippen LogP contribution in [0.15, 0.2) is 24.3 Å². The van der Waals surface area contributed by atoms with Crippen molar-refractivity contribution in [2.45, 2.75) is 13.5 Å². The Bertz CT molecular complexity index is 322. The van der Waals surface area contributed by atoms with Crippen LogP contribution in [-0.4, -0.2) is 25.7 Å². The largest absolute Gasteiger partial charge is 0.370 e. The molecule has 0 saturated carbocycles. The van der Waals surface area contributed by atoms with Crippen LogP contribution in [0.4, 0.5) is 0 Å². The fraction of sp³-hybridized carbons (Fsp3) is 0.417. The van der Waals surface area contributed by atoms with Gasteiger partial charge in [-0.15, -0.1) is 0 Å². The zero-order chi connectivity index (χ0) is 11.8. The molecule has 0 spiro atoms. The summed E-state index contributed by atoms with van der Waals surface area (Å²) >= 11 is 0. The van der Waals surface area contributed by atoms with Gasteiger partial charge in [0.2, 0.25) is 5.91 Å². The standard InChI is InChI=1S/C12H18N2O2/c1-10-2-4-11(5-3-10)8-14-6-7-16-9-12(13)15/h2-5,14H,6-9H2,1H3,(H2,13,15). The molecule has 0 bridgehead atoms. The maximum atomic E-state index is 10.4. The first kappa shape index (κ1) is 12.7. The summed E-state index contributed by atoms with van der Waals surface area (Å²) in [6.45, 7) is 4.07. The van der Waals surface area contributed by atoms with Crippen molar-refractivity contribution in [2.24, 2.45) is 5.73 Å². The van der Waals surface area contributed by atoms with E-state index in [4.69, 9.17) is 10.5 Å². The molecule has 0 aliphatic carbocycles. The summed E-state index contributed by atoms with van der Waals surface area (Å²) in [7, 11) is 0. The van der Waals surface area contributed by atoms with E-state index in [1.807, 2.05) is 0 Å². The van der Waals surface area contributed by atoms with Crippen LogP contribution < -0.4 is 11.1 Å². The van der Waals surface area contributed by atoms with E-state index in [2.05, 4.69) is 36.5 Å². The van der Waals surface area contributed by atoms with Gasteiger partial charge in [0, 0.05) is 13.1 Å². The first-order valence-corrected chi connectivity index (χ1v) is 5.31. The molecule has 0 aliphatic rings. The number of aryl methyl sites for hydroxylation is 1. The predicted octanol–water partition coefficient (Wildman–Crippen LogP) is 0.587.